The molecule has 1 amide bonds. The van der Waals surface area contributed by atoms with Crippen LogP contribution in [-0.4, -0.2) is 32.3 Å². The Bertz CT molecular complexity index is 884. The van der Waals surface area contributed by atoms with Crippen molar-refractivity contribution in [3.05, 3.63) is 59.2 Å². The van der Waals surface area contributed by atoms with Gasteiger partial charge in [-0.1, -0.05) is 26.0 Å². The molecular formula is C21H28N2O3S. The molecule has 146 valence electrons. The van der Waals surface area contributed by atoms with Crippen LogP contribution in [-0.2, 0) is 10.0 Å². The number of carbonyl (C=O) groups excluding carboxylic acids is 1. The number of nitrogens with one attached hydrogen (secondary N) is 1. The van der Waals surface area contributed by atoms with Gasteiger partial charge in [-0.25, -0.2) is 8.42 Å². The van der Waals surface area contributed by atoms with Crippen LogP contribution in [0.4, 0.5) is 5.69 Å². The van der Waals surface area contributed by atoms with E-state index in [4.69, 9.17) is 0 Å². The van der Waals surface area contributed by atoms with Gasteiger partial charge < -0.3 is 4.90 Å². The standard InChI is InChI=1S/C21H28N2O3S/c1-5-14-23(15-6-2)21(24)18-10-12-19(13-11-18)27(25,26)22-20-9-7-8-16(3)17(20)4/h7-13,22H,5-6,14-15H2,1-4H3. The second-order valence-corrected chi connectivity index (χ2v) is 8.35. The van der Waals surface area contributed by atoms with Crippen molar-refractivity contribution < 1.29 is 13.2 Å². The highest BCUT2D eigenvalue weighted by Gasteiger charge is 2.18. The first kappa shape index (κ1) is 21.0. The fourth-order valence-corrected chi connectivity index (χ4v) is 4.00. The van der Waals surface area contributed by atoms with Crippen LogP contribution in [0.1, 0.15) is 48.2 Å². The summed E-state index contributed by atoms with van der Waals surface area (Å²) in [5.74, 6) is -0.0647. The predicted octanol–water partition coefficient (Wildman–Crippen LogP) is 4.37. The molecule has 2 aromatic carbocycles. The number of sulfonamides is 1. The maximum absolute atomic E-state index is 12.7. The molecule has 0 atom stereocenters. The van der Waals surface area contributed by atoms with Crippen molar-refractivity contribution in [3.63, 3.8) is 0 Å². The first-order valence-electron chi connectivity index (χ1n) is 9.28. The molecule has 0 radical (unpaired) electrons. The van der Waals surface area contributed by atoms with Gasteiger partial charge in [0.05, 0.1) is 10.6 Å². The molecule has 0 spiro atoms. The molecule has 0 saturated heterocycles. The van der Waals surface area contributed by atoms with Gasteiger partial charge in [0.25, 0.3) is 15.9 Å². The summed E-state index contributed by atoms with van der Waals surface area (Å²) in [6.07, 6.45) is 1.77. The molecule has 0 aromatic heterocycles. The molecule has 6 heteroatoms. The van der Waals surface area contributed by atoms with Crippen molar-refractivity contribution in [2.45, 2.75) is 45.4 Å². The van der Waals surface area contributed by atoms with E-state index in [1.807, 2.05) is 39.8 Å². The Morgan fingerprint density at radius 2 is 1.56 bits per heavy atom. The molecular weight excluding hydrogens is 360 g/mol. The number of carbonyl (C=O) groups is 1. The Balaban J connectivity index is 2.22. The zero-order chi connectivity index (χ0) is 20.0. The Morgan fingerprint density at radius 1 is 0.963 bits per heavy atom. The fourth-order valence-electron chi connectivity index (χ4n) is 2.88. The van der Waals surface area contributed by atoms with Crippen LogP contribution in [0.25, 0.3) is 0 Å². The highest BCUT2D eigenvalue weighted by atomic mass is 32.2. The summed E-state index contributed by atoms with van der Waals surface area (Å²) in [4.78, 5) is 14.6. The van der Waals surface area contributed by atoms with E-state index in [0.717, 1.165) is 24.0 Å². The number of nitrogens with zero attached hydrogens (tertiary/aromatic N) is 1. The number of hydrogen-bond acceptors (Lipinski definition) is 3. The Morgan fingerprint density at radius 3 is 2.11 bits per heavy atom. The number of benzene rings is 2. The molecule has 5 nitrogen and oxygen atoms in total. The van der Waals surface area contributed by atoms with Gasteiger partial charge in [0.1, 0.15) is 0 Å². The summed E-state index contributed by atoms with van der Waals surface area (Å²) < 4.78 is 28.0. The zero-order valence-corrected chi connectivity index (χ0v) is 17.3. The topological polar surface area (TPSA) is 66.5 Å². The maximum Gasteiger partial charge on any atom is 0.261 e. The lowest BCUT2D eigenvalue weighted by Crippen LogP contribution is -2.32. The van der Waals surface area contributed by atoms with E-state index in [0.29, 0.717) is 24.3 Å². The maximum atomic E-state index is 12.7. The van der Waals surface area contributed by atoms with Gasteiger partial charge >= 0.3 is 0 Å². The molecule has 0 fully saturated rings. The molecule has 2 aromatic rings. The lowest BCUT2D eigenvalue weighted by atomic mass is 10.1. The van der Waals surface area contributed by atoms with Crippen LogP contribution in [0, 0.1) is 13.8 Å². The quantitative estimate of drug-likeness (QED) is 0.730. The number of aryl methyl sites for hydroxylation is 1. The van der Waals surface area contributed by atoms with Crippen molar-refractivity contribution in [2.24, 2.45) is 0 Å². The third-order valence-corrected chi connectivity index (χ3v) is 5.92. The fraction of sp³-hybridized carbons (Fsp3) is 0.381. The van der Waals surface area contributed by atoms with Gasteiger partial charge in [0, 0.05) is 18.7 Å². The molecule has 1 N–H and O–H groups in total. The minimum Gasteiger partial charge on any atom is -0.339 e. The third-order valence-electron chi connectivity index (χ3n) is 4.53. The van der Waals surface area contributed by atoms with Gasteiger partial charge in [-0.2, -0.15) is 0 Å². The summed E-state index contributed by atoms with van der Waals surface area (Å²) in [6.45, 7) is 9.27. The number of hydrogen-bond donors (Lipinski definition) is 1. The van der Waals surface area contributed by atoms with Crippen LogP contribution in [0.3, 0.4) is 0 Å². The summed E-state index contributed by atoms with van der Waals surface area (Å²) in [6, 6.07) is 11.6. The van der Waals surface area contributed by atoms with E-state index in [9.17, 15) is 13.2 Å². The molecule has 0 aliphatic carbocycles. The lowest BCUT2D eigenvalue weighted by Gasteiger charge is -2.21. The van der Waals surface area contributed by atoms with Crippen molar-refractivity contribution in [1.29, 1.82) is 0 Å². The second-order valence-electron chi connectivity index (χ2n) is 6.67. The number of amides is 1. The summed E-state index contributed by atoms with van der Waals surface area (Å²) in [7, 11) is -3.71. The van der Waals surface area contributed by atoms with E-state index >= 15 is 0 Å². The molecule has 0 heterocycles. The second kappa shape index (κ2) is 9.04. The molecule has 2 rings (SSSR count). The van der Waals surface area contributed by atoms with Crippen molar-refractivity contribution in [3.8, 4) is 0 Å². The van der Waals surface area contributed by atoms with Crippen molar-refractivity contribution in [2.75, 3.05) is 17.8 Å². The molecule has 0 unspecified atom stereocenters. The lowest BCUT2D eigenvalue weighted by molar-refractivity contribution is 0.0755. The van der Waals surface area contributed by atoms with Crippen LogP contribution >= 0.6 is 0 Å². The van der Waals surface area contributed by atoms with Crippen LogP contribution in [0.2, 0.25) is 0 Å². The molecule has 0 saturated carbocycles. The van der Waals surface area contributed by atoms with E-state index in [1.165, 1.54) is 12.1 Å². The van der Waals surface area contributed by atoms with E-state index in [1.54, 1.807) is 23.1 Å². The predicted molar refractivity (Wildman–Crippen MR) is 110 cm³/mol. The first-order valence-corrected chi connectivity index (χ1v) is 10.8. The van der Waals surface area contributed by atoms with E-state index < -0.39 is 10.0 Å². The molecule has 27 heavy (non-hydrogen) atoms. The Hall–Kier alpha value is -2.34. The van der Waals surface area contributed by atoms with E-state index in [2.05, 4.69) is 4.72 Å². The minimum absolute atomic E-state index is 0.0647. The summed E-state index contributed by atoms with van der Waals surface area (Å²) in [5.41, 5.74) is 2.97. The van der Waals surface area contributed by atoms with Gasteiger partial charge in [-0.15, -0.1) is 0 Å². The van der Waals surface area contributed by atoms with Gasteiger partial charge in [0.15, 0.2) is 0 Å². The Labute approximate surface area is 162 Å². The average molecular weight is 389 g/mol. The van der Waals surface area contributed by atoms with Gasteiger partial charge in [0.2, 0.25) is 0 Å². The van der Waals surface area contributed by atoms with Crippen LogP contribution < -0.4 is 4.72 Å². The highest BCUT2D eigenvalue weighted by Crippen LogP contribution is 2.22. The normalized spacial score (nSPS) is 11.3. The monoisotopic (exact) mass is 388 g/mol. The van der Waals surface area contributed by atoms with Crippen LogP contribution in [0.5, 0.6) is 0 Å². The van der Waals surface area contributed by atoms with E-state index in [-0.39, 0.29) is 10.8 Å². The molecule has 0 aliphatic rings. The first-order chi connectivity index (χ1) is 12.8. The SMILES string of the molecule is CCCN(CCC)C(=O)c1ccc(S(=O)(=O)Nc2cccc(C)c2C)cc1. The largest absolute Gasteiger partial charge is 0.339 e. The minimum atomic E-state index is -3.71. The zero-order valence-electron chi connectivity index (χ0n) is 16.5. The summed E-state index contributed by atoms with van der Waals surface area (Å²) >= 11 is 0. The number of anilines is 1. The van der Waals surface area contributed by atoms with Crippen LogP contribution in [0.15, 0.2) is 47.4 Å². The summed E-state index contributed by atoms with van der Waals surface area (Å²) in [5, 5.41) is 0. The third kappa shape index (κ3) is 5.10. The van der Waals surface area contributed by atoms with Crippen molar-refractivity contribution in [1.82, 2.24) is 4.90 Å². The Kier molecular flexibility index (Phi) is 7.02. The molecule has 0 aliphatic heterocycles. The highest BCUT2D eigenvalue weighted by molar-refractivity contribution is 7.92. The molecule has 0 bridgehead atoms. The average Bonchev–Trinajstić information content (AvgIpc) is 2.65. The van der Waals surface area contributed by atoms with Crippen molar-refractivity contribution >= 4 is 21.6 Å². The number of rotatable bonds is 8. The van der Waals surface area contributed by atoms with Gasteiger partial charge in [-0.05, 0) is 68.1 Å². The smallest absolute Gasteiger partial charge is 0.261 e. The van der Waals surface area contributed by atoms with Gasteiger partial charge in [-0.3, -0.25) is 9.52 Å².